The molecule has 0 spiro atoms. The van der Waals surface area contributed by atoms with Gasteiger partial charge in [0.15, 0.2) is 7.14 Å². The van der Waals surface area contributed by atoms with Crippen LogP contribution in [0.3, 0.4) is 0 Å². The van der Waals surface area contributed by atoms with E-state index in [9.17, 15) is 4.57 Å². The number of benzene rings is 3. The predicted octanol–water partition coefficient (Wildman–Crippen LogP) is 4.36. The van der Waals surface area contributed by atoms with Crippen LogP contribution in [0, 0.1) is 0 Å². The molecular weight excluding hydrogens is 343 g/mol. The van der Waals surface area contributed by atoms with Gasteiger partial charge in [-0.2, -0.15) is 0 Å². The Kier molecular flexibility index (Phi) is 2.26. The Morgan fingerprint density at radius 1 is 0.652 bits per heavy atom. The number of ether oxygens (including phenoxy) is 1. The fourth-order valence-electron chi connectivity index (χ4n) is 3.62. The van der Waals surface area contributed by atoms with E-state index in [0.717, 1.165) is 47.0 Å². The smallest absolute Gasteiger partial charge is 0.182 e. The van der Waals surface area contributed by atoms with Crippen molar-refractivity contribution in [1.82, 2.24) is 0 Å². The second-order valence-electron chi connectivity index (χ2n) is 5.72. The van der Waals surface area contributed by atoms with E-state index in [2.05, 4.69) is 30.3 Å². The van der Waals surface area contributed by atoms with Crippen molar-refractivity contribution >= 4 is 46.6 Å². The predicted molar refractivity (Wildman–Crippen MR) is 94.2 cm³/mol. The van der Waals surface area contributed by atoms with Crippen LogP contribution in [0.5, 0.6) is 11.5 Å². The lowest BCUT2D eigenvalue weighted by molar-refractivity contribution is 0.482. The van der Waals surface area contributed by atoms with Crippen LogP contribution in [0.25, 0.3) is 0 Å². The SMILES string of the molecule is O=P12c3c4cccc3Sc3cccc(c31)Sc1cccc(c12)O4. The van der Waals surface area contributed by atoms with Crippen molar-refractivity contribution in [1.29, 1.82) is 0 Å². The van der Waals surface area contributed by atoms with Crippen molar-refractivity contribution in [3.8, 4) is 11.5 Å². The fraction of sp³-hybridized carbons (Fsp3) is 0. The molecule has 5 heteroatoms. The fourth-order valence-corrected chi connectivity index (χ4v) is 10.7. The third kappa shape index (κ3) is 1.39. The second-order valence-corrected chi connectivity index (χ2v) is 10.5. The number of hydrogen-bond donors (Lipinski definition) is 0. The Bertz CT molecular complexity index is 893. The van der Waals surface area contributed by atoms with Crippen molar-refractivity contribution < 1.29 is 9.30 Å². The summed E-state index contributed by atoms with van der Waals surface area (Å²) in [6.45, 7) is 0. The highest BCUT2D eigenvalue weighted by atomic mass is 32.2. The molecule has 0 atom stereocenters. The van der Waals surface area contributed by atoms with Crippen LogP contribution in [0.4, 0.5) is 0 Å². The van der Waals surface area contributed by atoms with Gasteiger partial charge in [0.25, 0.3) is 0 Å². The normalized spacial score (nSPS) is 17.2. The van der Waals surface area contributed by atoms with Crippen molar-refractivity contribution in [2.75, 3.05) is 0 Å². The van der Waals surface area contributed by atoms with Crippen LogP contribution >= 0.6 is 30.7 Å². The maximum atomic E-state index is 14.5. The largest absolute Gasteiger partial charge is 0.456 e. The van der Waals surface area contributed by atoms with Crippen LogP contribution < -0.4 is 20.7 Å². The van der Waals surface area contributed by atoms with Gasteiger partial charge in [-0.15, -0.1) is 0 Å². The van der Waals surface area contributed by atoms with Gasteiger partial charge in [-0.3, -0.25) is 0 Å². The Labute approximate surface area is 141 Å². The standard InChI is InChI=1S/C18H9O2PS2/c19-21-16-10-4-1-6-12(16)22-14-8-3-9-15(18(14)21)23-13-7-2-5-11(20-10)17(13)21/h1-9H. The first-order valence-electron chi connectivity index (χ1n) is 7.31. The molecule has 0 saturated carbocycles. The first-order valence-corrected chi connectivity index (χ1v) is 10.6. The third-order valence-corrected chi connectivity index (χ3v) is 10.6. The van der Waals surface area contributed by atoms with Crippen LogP contribution in [0.1, 0.15) is 0 Å². The van der Waals surface area contributed by atoms with E-state index in [1.807, 2.05) is 24.3 Å². The molecule has 3 aromatic rings. The van der Waals surface area contributed by atoms with Crippen LogP contribution in [0.2, 0.25) is 0 Å². The molecule has 6 rings (SSSR count). The quantitative estimate of drug-likeness (QED) is 0.380. The maximum absolute atomic E-state index is 14.5. The average molecular weight is 352 g/mol. The van der Waals surface area contributed by atoms with E-state index >= 15 is 0 Å². The molecule has 0 saturated heterocycles. The molecule has 23 heavy (non-hydrogen) atoms. The summed E-state index contributed by atoms with van der Waals surface area (Å²) in [5.74, 6) is 1.49. The third-order valence-electron chi connectivity index (χ3n) is 4.49. The molecule has 0 fully saturated rings. The first kappa shape index (κ1) is 12.8. The molecule has 0 aromatic heterocycles. The second kappa shape index (κ2) is 4.07. The van der Waals surface area contributed by atoms with Crippen molar-refractivity contribution in [2.45, 2.75) is 19.6 Å². The molecule has 0 unspecified atom stereocenters. The van der Waals surface area contributed by atoms with Gasteiger partial charge in [0, 0.05) is 24.9 Å². The summed E-state index contributed by atoms with van der Waals surface area (Å²) in [5.41, 5.74) is 0. The Morgan fingerprint density at radius 2 is 1.09 bits per heavy atom. The van der Waals surface area contributed by atoms with Crippen molar-refractivity contribution in [2.24, 2.45) is 0 Å². The molecule has 3 aromatic carbocycles. The lowest BCUT2D eigenvalue weighted by atomic mass is 10.3. The van der Waals surface area contributed by atoms with E-state index in [0.29, 0.717) is 0 Å². The van der Waals surface area contributed by atoms with Crippen molar-refractivity contribution in [3.05, 3.63) is 54.6 Å². The highest BCUT2D eigenvalue weighted by Gasteiger charge is 2.49. The molecule has 3 aliphatic rings. The van der Waals surface area contributed by atoms with E-state index in [4.69, 9.17) is 4.74 Å². The number of rotatable bonds is 0. The summed E-state index contributed by atoms with van der Waals surface area (Å²) < 4.78 is 20.6. The van der Waals surface area contributed by atoms with E-state index < -0.39 is 7.14 Å². The summed E-state index contributed by atoms with van der Waals surface area (Å²) in [4.78, 5) is 4.35. The zero-order chi connectivity index (χ0) is 15.2. The van der Waals surface area contributed by atoms with Gasteiger partial charge in [0.05, 0.1) is 10.6 Å². The summed E-state index contributed by atoms with van der Waals surface area (Å²) in [6, 6.07) is 18.2. The Balaban J connectivity index is 1.88. The molecule has 3 aliphatic heterocycles. The van der Waals surface area contributed by atoms with Crippen LogP contribution in [-0.2, 0) is 4.57 Å². The molecule has 3 heterocycles. The monoisotopic (exact) mass is 352 g/mol. The van der Waals surface area contributed by atoms with Gasteiger partial charge in [-0.1, -0.05) is 41.7 Å². The highest BCUT2D eigenvalue weighted by molar-refractivity contribution is 8.05. The van der Waals surface area contributed by atoms with E-state index in [1.54, 1.807) is 23.5 Å². The molecule has 110 valence electrons. The number of hydrogen-bond acceptors (Lipinski definition) is 4. The minimum absolute atomic E-state index is 0.746. The molecular formula is C18H9O2PS2. The summed E-state index contributed by atoms with van der Waals surface area (Å²) in [7, 11) is -2.85. The van der Waals surface area contributed by atoms with E-state index in [-0.39, 0.29) is 0 Å². The summed E-state index contributed by atoms with van der Waals surface area (Å²) in [5, 5.41) is 2.80. The molecule has 0 amide bonds. The van der Waals surface area contributed by atoms with Gasteiger partial charge in [-0.05, 0) is 36.4 Å². The van der Waals surface area contributed by atoms with Gasteiger partial charge < -0.3 is 9.30 Å². The zero-order valence-electron chi connectivity index (χ0n) is 11.8. The van der Waals surface area contributed by atoms with Gasteiger partial charge in [0.1, 0.15) is 11.5 Å². The van der Waals surface area contributed by atoms with Gasteiger partial charge >= 0.3 is 0 Å². The molecule has 2 nitrogen and oxygen atoms in total. The summed E-state index contributed by atoms with van der Waals surface area (Å²) >= 11 is 3.40. The molecule has 0 aliphatic carbocycles. The topological polar surface area (TPSA) is 26.3 Å². The maximum Gasteiger partial charge on any atom is 0.182 e. The molecule has 0 radical (unpaired) electrons. The van der Waals surface area contributed by atoms with Crippen molar-refractivity contribution in [3.63, 3.8) is 0 Å². The zero-order valence-corrected chi connectivity index (χ0v) is 14.3. The first-order chi connectivity index (χ1) is 11.3. The molecule has 0 bridgehead atoms. The minimum atomic E-state index is -2.85. The Morgan fingerprint density at radius 3 is 1.61 bits per heavy atom. The lowest BCUT2D eigenvalue weighted by Gasteiger charge is -2.38. The van der Waals surface area contributed by atoms with Crippen LogP contribution in [0.15, 0.2) is 74.2 Å². The minimum Gasteiger partial charge on any atom is -0.456 e. The highest BCUT2D eigenvalue weighted by Crippen LogP contribution is 2.63. The van der Waals surface area contributed by atoms with E-state index in [1.165, 1.54) is 0 Å². The average Bonchev–Trinajstić information content (AvgIpc) is 2.54. The lowest BCUT2D eigenvalue weighted by Crippen LogP contribution is -2.38. The molecule has 0 N–H and O–H groups in total. The summed E-state index contributed by atoms with van der Waals surface area (Å²) in [6.07, 6.45) is 0. The Hall–Kier alpha value is -1.61. The van der Waals surface area contributed by atoms with Gasteiger partial charge in [0.2, 0.25) is 0 Å². The van der Waals surface area contributed by atoms with Crippen LogP contribution in [-0.4, -0.2) is 0 Å². The van der Waals surface area contributed by atoms with Gasteiger partial charge in [-0.25, -0.2) is 0 Å².